The summed E-state index contributed by atoms with van der Waals surface area (Å²) in [7, 11) is 1.67. The second kappa shape index (κ2) is 8.36. The number of rotatable bonds is 6. The van der Waals surface area contributed by atoms with E-state index in [9.17, 15) is 9.90 Å². The molecule has 2 aromatic rings. The van der Waals surface area contributed by atoms with Gasteiger partial charge >= 0.3 is 5.97 Å². The Hall–Kier alpha value is -1.78. The standard InChI is InChI=1S/C19H23NO3.ClH/c1-23-18-11-10-14-6-2-5-9-16(14)17(18)12-20(13-19(21)22)15-7-3-4-8-15;/h2,5-6,9-11,15H,3-4,7-8,12-13H2,1H3,(H,21,22);1H. The lowest BCUT2D eigenvalue weighted by atomic mass is 10.0. The number of methoxy groups -OCH3 is 1. The highest BCUT2D eigenvalue weighted by Crippen LogP contribution is 2.32. The maximum absolute atomic E-state index is 11.3. The molecule has 0 unspecified atom stereocenters. The molecular formula is C19H24ClNO3. The number of hydrogen-bond donors (Lipinski definition) is 1. The number of ether oxygens (including phenoxy) is 1. The van der Waals surface area contributed by atoms with Crippen molar-refractivity contribution in [2.24, 2.45) is 0 Å². The first-order valence-electron chi connectivity index (χ1n) is 8.19. The van der Waals surface area contributed by atoms with Gasteiger partial charge in [-0.3, -0.25) is 9.69 Å². The molecule has 0 atom stereocenters. The van der Waals surface area contributed by atoms with Crippen LogP contribution < -0.4 is 4.74 Å². The third-order valence-corrected chi connectivity index (χ3v) is 4.76. The summed E-state index contributed by atoms with van der Waals surface area (Å²) in [5.74, 6) is 0.0631. The van der Waals surface area contributed by atoms with Crippen LogP contribution in [0.2, 0.25) is 0 Å². The fraction of sp³-hybridized carbons (Fsp3) is 0.421. The first-order valence-corrected chi connectivity index (χ1v) is 8.19. The number of carbonyl (C=O) groups is 1. The Labute approximate surface area is 148 Å². The third kappa shape index (κ3) is 4.00. The number of carboxylic acid groups (broad SMARTS) is 1. The van der Waals surface area contributed by atoms with Crippen LogP contribution in [0.25, 0.3) is 10.8 Å². The molecule has 1 fully saturated rings. The van der Waals surface area contributed by atoms with Crippen molar-refractivity contribution in [3.8, 4) is 5.75 Å². The van der Waals surface area contributed by atoms with Gasteiger partial charge in [0.25, 0.3) is 0 Å². The lowest BCUT2D eigenvalue weighted by molar-refractivity contribution is -0.139. The zero-order valence-electron chi connectivity index (χ0n) is 13.9. The molecule has 0 heterocycles. The first-order chi connectivity index (χ1) is 11.2. The van der Waals surface area contributed by atoms with Gasteiger partial charge in [-0.1, -0.05) is 43.2 Å². The van der Waals surface area contributed by atoms with Gasteiger partial charge in [-0.15, -0.1) is 12.4 Å². The van der Waals surface area contributed by atoms with Gasteiger partial charge in [0.15, 0.2) is 0 Å². The topological polar surface area (TPSA) is 49.8 Å². The molecule has 0 aromatic heterocycles. The van der Waals surface area contributed by atoms with Crippen molar-refractivity contribution in [3.63, 3.8) is 0 Å². The smallest absolute Gasteiger partial charge is 0.317 e. The fourth-order valence-corrected chi connectivity index (χ4v) is 3.63. The number of hydrogen-bond acceptors (Lipinski definition) is 3. The Balaban J connectivity index is 0.00000208. The van der Waals surface area contributed by atoms with E-state index < -0.39 is 5.97 Å². The van der Waals surface area contributed by atoms with Crippen LogP contribution in [0.15, 0.2) is 36.4 Å². The molecule has 0 saturated heterocycles. The monoisotopic (exact) mass is 349 g/mol. The summed E-state index contributed by atoms with van der Waals surface area (Å²) < 4.78 is 5.55. The molecule has 0 bridgehead atoms. The molecule has 1 N–H and O–H groups in total. The van der Waals surface area contributed by atoms with Gasteiger partial charge in [-0.2, -0.15) is 0 Å². The molecule has 1 saturated carbocycles. The van der Waals surface area contributed by atoms with Crippen LogP contribution in [0.3, 0.4) is 0 Å². The van der Waals surface area contributed by atoms with Crippen molar-refractivity contribution in [2.45, 2.75) is 38.3 Å². The number of fused-ring (bicyclic) bond motifs is 1. The minimum absolute atomic E-state index is 0. The van der Waals surface area contributed by atoms with E-state index in [0.29, 0.717) is 12.6 Å². The Morgan fingerprint density at radius 1 is 1.21 bits per heavy atom. The summed E-state index contributed by atoms with van der Waals surface area (Å²) in [6.07, 6.45) is 4.54. The highest BCUT2D eigenvalue weighted by atomic mass is 35.5. The van der Waals surface area contributed by atoms with Crippen molar-refractivity contribution in [2.75, 3.05) is 13.7 Å². The number of benzene rings is 2. The minimum atomic E-state index is -0.767. The molecule has 1 aliphatic rings. The molecule has 2 aromatic carbocycles. The first kappa shape index (κ1) is 18.6. The minimum Gasteiger partial charge on any atom is -0.496 e. The molecule has 4 nitrogen and oxygen atoms in total. The number of nitrogens with zero attached hydrogens (tertiary/aromatic N) is 1. The van der Waals surface area contributed by atoms with Gasteiger partial charge in [-0.05, 0) is 29.7 Å². The summed E-state index contributed by atoms with van der Waals surface area (Å²) in [6, 6.07) is 12.6. The van der Waals surface area contributed by atoms with Crippen LogP contribution in [0.5, 0.6) is 5.75 Å². The molecule has 5 heteroatoms. The van der Waals surface area contributed by atoms with E-state index in [2.05, 4.69) is 23.1 Å². The summed E-state index contributed by atoms with van der Waals surface area (Å²) >= 11 is 0. The average Bonchev–Trinajstić information content (AvgIpc) is 3.08. The van der Waals surface area contributed by atoms with E-state index in [4.69, 9.17) is 4.74 Å². The quantitative estimate of drug-likeness (QED) is 0.853. The van der Waals surface area contributed by atoms with Gasteiger partial charge in [0.1, 0.15) is 5.75 Å². The maximum atomic E-state index is 11.3. The van der Waals surface area contributed by atoms with Crippen LogP contribution in [0, 0.1) is 0 Å². The Kier molecular flexibility index (Phi) is 6.46. The molecule has 0 amide bonds. The zero-order chi connectivity index (χ0) is 16.2. The van der Waals surface area contributed by atoms with Gasteiger partial charge in [0.2, 0.25) is 0 Å². The van der Waals surface area contributed by atoms with Gasteiger partial charge < -0.3 is 9.84 Å². The maximum Gasteiger partial charge on any atom is 0.317 e. The highest BCUT2D eigenvalue weighted by Gasteiger charge is 2.25. The van der Waals surface area contributed by atoms with E-state index in [-0.39, 0.29) is 19.0 Å². The molecule has 3 rings (SSSR count). The predicted molar refractivity (Wildman–Crippen MR) is 98.0 cm³/mol. The fourth-order valence-electron chi connectivity index (χ4n) is 3.63. The van der Waals surface area contributed by atoms with Crippen LogP contribution in [-0.2, 0) is 11.3 Å². The van der Waals surface area contributed by atoms with Crippen LogP contribution in [0.4, 0.5) is 0 Å². The lowest BCUT2D eigenvalue weighted by Crippen LogP contribution is -2.37. The SMILES string of the molecule is COc1ccc2ccccc2c1CN(CC(=O)O)C1CCCC1.Cl. The number of halogens is 1. The Morgan fingerprint density at radius 3 is 2.58 bits per heavy atom. The Morgan fingerprint density at radius 2 is 1.92 bits per heavy atom. The van der Waals surface area contributed by atoms with Crippen molar-refractivity contribution in [1.29, 1.82) is 0 Å². The number of aliphatic carboxylic acids is 1. The summed E-state index contributed by atoms with van der Waals surface area (Å²) in [4.78, 5) is 13.4. The molecule has 130 valence electrons. The lowest BCUT2D eigenvalue weighted by Gasteiger charge is -2.28. The van der Waals surface area contributed by atoms with E-state index in [0.717, 1.165) is 34.9 Å². The average molecular weight is 350 g/mol. The molecule has 0 spiro atoms. The second-order valence-corrected chi connectivity index (χ2v) is 6.20. The zero-order valence-corrected chi connectivity index (χ0v) is 14.7. The van der Waals surface area contributed by atoms with Gasteiger partial charge in [0, 0.05) is 18.2 Å². The number of carboxylic acids is 1. The van der Waals surface area contributed by atoms with E-state index in [1.807, 2.05) is 18.2 Å². The second-order valence-electron chi connectivity index (χ2n) is 6.20. The summed E-state index contributed by atoms with van der Waals surface area (Å²) in [6.45, 7) is 0.693. The summed E-state index contributed by atoms with van der Waals surface area (Å²) in [5.41, 5.74) is 1.08. The van der Waals surface area contributed by atoms with Crippen LogP contribution in [-0.4, -0.2) is 35.7 Å². The van der Waals surface area contributed by atoms with Crippen molar-refractivity contribution >= 4 is 29.1 Å². The molecule has 1 aliphatic carbocycles. The largest absolute Gasteiger partial charge is 0.496 e. The predicted octanol–water partition coefficient (Wildman–Crippen LogP) is 4.10. The third-order valence-electron chi connectivity index (χ3n) is 4.76. The molecule has 24 heavy (non-hydrogen) atoms. The van der Waals surface area contributed by atoms with Crippen molar-refractivity contribution in [3.05, 3.63) is 42.0 Å². The molecular weight excluding hydrogens is 326 g/mol. The van der Waals surface area contributed by atoms with Gasteiger partial charge in [-0.25, -0.2) is 0 Å². The van der Waals surface area contributed by atoms with Crippen molar-refractivity contribution < 1.29 is 14.6 Å². The Bertz CT molecular complexity index is 698. The molecule has 0 radical (unpaired) electrons. The van der Waals surface area contributed by atoms with Crippen LogP contribution in [0.1, 0.15) is 31.2 Å². The molecule has 0 aliphatic heterocycles. The van der Waals surface area contributed by atoms with E-state index in [1.54, 1.807) is 7.11 Å². The van der Waals surface area contributed by atoms with Crippen molar-refractivity contribution in [1.82, 2.24) is 4.90 Å². The highest BCUT2D eigenvalue weighted by molar-refractivity contribution is 5.87. The van der Waals surface area contributed by atoms with E-state index >= 15 is 0 Å². The van der Waals surface area contributed by atoms with E-state index in [1.165, 1.54) is 12.8 Å². The normalized spacial score (nSPS) is 14.8. The van der Waals surface area contributed by atoms with Crippen LogP contribution >= 0.6 is 12.4 Å². The van der Waals surface area contributed by atoms with Gasteiger partial charge in [0.05, 0.1) is 13.7 Å². The summed E-state index contributed by atoms with van der Waals surface area (Å²) in [5, 5.41) is 11.6.